The Morgan fingerprint density at radius 1 is 1.18 bits per heavy atom. The second-order valence-electron chi connectivity index (χ2n) is 10.6. The van der Waals surface area contributed by atoms with Crippen LogP contribution < -0.4 is 5.32 Å². The molecular formula is C26H37N3O3S. The van der Waals surface area contributed by atoms with Crippen LogP contribution in [-0.2, 0) is 9.59 Å². The summed E-state index contributed by atoms with van der Waals surface area (Å²) in [6.07, 6.45) is -0.419. The molecule has 1 aromatic heterocycles. The van der Waals surface area contributed by atoms with Crippen molar-refractivity contribution in [3.8, 4) is 10.4 Å². The predicted octanol–water partition coefficient (Wildman–Crippen LogP) is 4.58. The molecule has 1 fully saturated rings. The van der Waals surface area contributed by atoms with Gasteiger partial charge in [0.2, 0.25) is 11.8 Å². The van der Waals surface area contributed by atoms with E-state index in [0.717, 1.165) is 21.7 Å². The Hall–Kier alpha value is -2.25. The van der Waals surface area contributed by atoms with E-state index in [4.69, 9.17) is 0 Å². The summed E-state index contributed by atoms with van der Waals surface area (Å²) in [6.45, 7) is 14.4. The molecule has 7 heteroatoms. The molecule has 1 aliphatic rings. The Kier molecular flexibility index (Phi) is 7.64. The molecule has 2 N–H and O–H groups in total. The third-order valence-electron chi connectivity index (χ3n) is 6.51. The molecule has 0 bridgehead atoms. The lowest BCUT2D eigenvalue weighted by atomic mass is 9.73. The molecule has 2 heterocycles. The fourth-order valence-electron chi connectivity index (χ4n) is 5.04. The highest BCUT2D eigenvalue weighted by Gasteiger charge is 2.44. The van der Waals surface area contributed by atoms with Crippen LogP contribution in [0.5, 0.6) is 0 Å². The summed E-state index contributed by atoms with van der Waals surface area (Å²) in [4.78, 5) is 33.7. The molecule has 1 saturated heterocycles. The summed E-state index contributed by atoms with van der Waals surface area (Å²) in [5.74, 6) is -0.353. The number of aliphatic hydroxyl groups is 1. The van der Waals surface area contributed by atoms with E-state index in [-0.39, 0.29) is 48.1 Å². The van der Waals surface area contributed by atoms with Gasteiger partial charge in [0.15, 0.2) is 0 Å². The van der Waals surface area contributed by atoms with Crippen molar-refractivity contribution in [1.82, 2.24) is 15.2 Å². The van der Waals surface area contributed by atoms with E-state index in [0.29, 0.717) is 0 Å². The number of hydrogen-bond acceptors (Lipinski definition) is 5. The topological polar surface area (TPSA) is 82.5 Å². The molecule has 0 aliphatic carbocycles. The lowest BCUT2D eigenvalue weighted by molar-refractivity contribution is -0.146. The summed E-state index contributed by atoms with van der Waals surface area (Å²) in [5.41, 5.74) is 4.71. The number of amides is 2. The number of hydrogen-bond donors (Lipinski definition) is 2. The average Bonchev–Trinajstić information content (AvgIpc) is 3.32. The third-order valence-corrected chi connectivity index (χ3v) is 7.49. The molecule has 4 atom stereocenters. The fraction of sp³-hybridized carbons (Fsp3) is 0.577. The maximum Gasteiger partial charge on any atom is 0.243 e. The number of carbonyl (C=O) groups excluding carboxylic acids is 2. The molecule has 2 amide bonds. The van der Waals surface area contributed by atoms with E-state index in [1.807, 2.05) is 57.5 Å². The minimum Gasteiger partial charge on any atom is -0.391 e. The number of benzene rings is 1. The molecule has 0 radical (unpaired) electrons. The molecule has 3 rings (SSSR count). The SMILES string of the molecule is Cc1ncsc1-c1ccc(C(C)NC(=O)C2CC(O)CN2C(=O)C(C(C)C)C(C)(C)C)cc1. The molecule has 1 aliphatic heterocycles. The van der Waals surface area contributed by atoms with Crippen molar-refractivity contribution in [3.05, 3.63) is 41.0 Å². The van der Waals surface area contributed by atoms with E-state index in [1.165, 1.54) is 0 Å². The zero-order chi connectivity index (χ0) is 24.5. The van der Waals surface area contributed by atoms with Crippen molar-refractivity contribution in [2.45, 2.75) is 73.1 Å². The Morgan fingerprint density at radius 2 is 1.82 bits per heavy atom. The first kappa shape index (κ1) is 25.4. The van der Waals surface area contributed by atoms with Crippen LogP contribution in [0.3, 0.4) is 0 Å². The number of aromatic nitrogens is 1. The zero-order valence-electron chi connectivity index (χ0n) is 20.8. The van der Waals surface area contributed by atoms with Crippen molar-refractivity contribution in [2.75, 3.05) is 6.54 Å². The predicted molar refractivity (Wildman–Crippen MR) is 133 cm³/mol. The quantitative estimate of drug-likeness (QED) is 0.646. The molecule has 0 saturated carbocycles. The largest absolute Gasteiger partial charge is 0.391 e. The number of nitrogens with one attached hydrogen (secondary N) is 1. The molecule has 1 aromatic carbocycles. The first-order valence-electron chi connectivity index (χ1n) is 11.7. The number of aliphatic hydroxyl groups excluding tert-OH is 1. The number of aryl methyl sites for hydroxylation is 1. The summed E-state index contributed by atoms with van der Waals surface area (Å²) >= 11 is 1.61. The first-order chi connectivity index (χ1) is 15.4. The monoisotopic (exact) mass is 471 g/mol. The Labute approximate surface area is 201 Å². The van der Waals surface area contributed by atoms with Gasteiger partial charge in [0, 0.05) is 18.9 Å². The van der Waals surface area contributed by atoms with Gasteiger partial charge >= 0.3 is 0 Å². The molecule has 33 heavy (non-hydrogen) atoms. The first-order valence-corrected chi connectivity index (χ1v) is 12.6. The third kappa shape index (κ3) is 5.64. The molecule has 180 valence electrons. The van der Waals surface area contributed by atoms with Gasteiger partial charge in [-0.1, -0.05) is 58.9 Å². The summed E-state index contributed by atoms with van der Waals surface area (Å²) in [5, 5.41) is 13.4. The number of β-amino-alcohol motifs (C(OH)–C–C–N with tert-alkyl or cyclic N) is 1. The van der Waals surface area contributed by atoms with Crippen molar-refractivity contribution in [3.63, 3.8) is 0 Å². The second-order valence-corrected chi connectivity index (χ2v) is 11.5. The van der Waals surface area contributed by atoms with E-state index >= 15 is 0 Å². The van der Waals surface area contributed by atoms with Crippen LogP contribution in [0.2, 0.25) is 0 Å². The Morgan fingerprint density at radius 3 is 2.33 bits per heavy atom. The Balaban J connectivity index is 1.72. The highest BCUT2D eigenvalue weighted by atomic mass is 32.1. The number of rotatable bonds is 6. The standard InChI is InChI=1S/C26H37N3O3S/c1-15(2)22(26(5,6)7)25(32)29-13-20(30)12-21(29)24(31)28-16(3)18-8-10-19(11-9-18)23-17(4)27-14-33-23/h8-11,14-16,20-22,30H,12-13H2,1-7H3,(H,28,31). The highest BCUT2D eigenvalue weighted by Crippen LogP contribution is 2.36. The average molecular weight is 472 g/mol. The van der Waals surface area contributed by atoms with E-state index in [2.05, 4.69) is 31.1 Å². The van der Waals surface area contributed by atoms with Crippen LogP contribution >= 0.6 is 11.3 Å². The van der Waals surface area contributed by atoms with Crippen molar-refractivity contribution in [1.29, 1.82) is 0 Å². The van der Waals surface area contributed by atoms with Crippen molar-refractivity contribution < 1.29 is 14.7 Å². The van der Waals surface area contributed by atoms with Crippen LogP contribution in [-0.4, -0.2) is 45.5 Å². The van der Waals surface area contributed by atoms with E-state index in [1.54, 1.807) is 16.2 Å². The maximum atomic E-state index is 13.5. The minimum atomic E-state index is -0.685. The van der Waals surface area contributed by atoms with Gasteiger partial charge in [-0.25, -0.2) is 4.98 Å². The van der Waals surface area contributed by atoms with Gasteiger partial charge in [-0.15, -0.1) is 11.3 Å². The van der Waals surface area contributed by atoms with Gasteiger partial charge in [0.25, 0.3) is 0 Å². The van der Waals surface area contributed by atoms with Crippen LogP contribution in [0.25, 0.3) is 10.4 Å². The Bertz CT molecular complexity index is 977. The van der Waals surface area contributed by atoms with Crippen LogP contribution in [0, 0.1) is 24.2 Å². The van der Waals surface area contributed by atoms with Gasteiger partial charge in [0.1, 0.15) is 6.04 Å². The summed E-state index contributed by atoms with van der Waals surface area (Å²) in [7, 11) is 0. The van der Waals surface area contributed by atoms with E-state index < -0.39 is 12.1 Å². The molecule has 0 spiro atoms. The normalized spacial score (nSPS) is 20.7. The molecule has 6 nitrogen and oxygen atoms in total. The summed E-state index contributed by atoms with van der Waals surface area (Å²) < 4.78 is 0. The van der Waals surface area contributed by atoms with Crippen molar-refractivity contribution in [2.24, 2.45) is 17.3 Å². The molecule has 2 aromatic rings. The van der Waals surface area contributed by atoms with Gasteiger partial charge in [-0.3, -0.25) is 9.59 Å². The van der Waals surface area contributed by atoms with Gasteiger partial charge < -0.3 is 15.3 Å². The molecular weight excluding hydrogens is 434 g/mol. The smallest absolute Gasteiger partial charge is 0.243 e. The van der Waals surface area contributed by atoms with Crippen LogP contribution in [0.15, 0.2) is 29.8 Å². The van der Waals surface area contributed by atoms with Crippen molar-refractivity contribution >= 4 is 23.2 Å². The number of carbonyl (C=O) groups is 2. The molecule has 4 unspecified atom stereocenters. The highest BCUT2D eigenvalue weighted by molar-refractivity contribution is 7.13. The van der Waals surface area contributed by atoms with Gasteiger partial charge in [0.05, 0.1) is 28.2 Å². The number of thiazole rings is 1. The lowest BCUT2D eigenvalue weighted by Gasteiger charge is -2.37. The second kappa shape index (κ2) is 9.94. The van der Waals surface area contributed by atoms with Crippen LogP contribution in [0.4, 0.5) is 0 Å². The van der Waals surface area contributed by atoms with Gasteiger partial charge in [-0.2, -0.15) is 0 Å². The van der Waals surface area contributed by atoms with E-state index in [9.17, 15) is 14.7 Å². The summed E-state index contributed by atoms with van der Waals surface area (Å²) in [6, 6.07) is 7.25. The number of likely N-dealkylation sites (tertiary alicyclic amines) is 1. The maximum absolute atomic E-state index is 13.5. The zero-order valence-corrected chi connectivity index (χ0v) is 21.6. The van der Waals surface area contributed by atoms with Crippen LogP contribution in [0.1, 0.15) is 65.3 Å². The number of nitrogens with zero attached hydrogens (tertiary/aromatic N) is 2. The lowest BCUT2D eigenvalue weighted by Crippen LogP contribution is -2.51. The minimum absolute atomic E-state index is 0.0499. The van der Waals surface area contributed by atoms with Gasteiger partial charge in [-0.05, 0) is 36.3 Å². The fourth-order valence-corrected chi connectivity index (χ4v) is 5.85.